The molecule has 0 atom stereocenters. The van der Waals surface area contributed by atoms with E-state index in [1.54, 1.807) is 18.2 Å². The van der Waals surface area contributed by atoms with E-state index in [9.17, 15) is 4.79 Å². The third kappa shape index (κ3) is 4.64. The number of nitriles is 1. The van der Waals surface area contributed by atoms with Crippen molar-refractivity contribution in [3.8, 4) is 11.8 Å². The summed E-state index contributed by atoms with van der Waals surface area (Å²) in [6, 6.07) is 13.4. The van der Waals surface area contributed by atoms with Crippen LogP contribution < -0.4 is 10.1 Å². The molecule has 0 fully saturated rings. The predicted octanol–water partition coefficient (Wildman–Crippen LogP) is 5.13. The molecule has 0 spiro atoms. The minimum atomic E-state index is -0.191. The van der Waals surface area contributed by atoms with Gasteiger partial charge in [0.15, 0.2) is 6.61 Å². The van der Waals surface area contributed by atoms with Crippen LogP contribution in [0.5, 0.6) is 5.75 Å². The Morgan fingerprint density at radius 1 is 1.12 bits per heavy atom. The highest BCUT2D eigenvalue weighted by molar-refractivity contribution is 5.93. The van der Waals surface area contributed by atoms with E-state index in [2.05, 4.69) is 51.2 Å². The smallest absolute Gasteiger partial charge is 0.262 e. The average molecular weight is 350 g/mol. The van der Waals surface area contributed by atoms with Crippen LogP contribution >= 0.6 is 0 Å². The fourth-order valence-corrected chi connectivity index (χ4v) is 2.90. The largest absolute Gasteiger partial charge is 0.483 e. The van der Waals surface area contributed by atoms with Crippen molar-refractivity contribution in [2.24, 2.45) is 0 Å². The molecule has 4 nitrogen and oxygen atoms in total. The van der Waals surface area contributed by atoms with Gasteiger partial charge in [-0.2, -0.15) is 5.26 Å². The van der Waals surface area contributed by atoms with Crippen LogP contribution in [0, 0.1) is 18.3 Å². The molecule has 0 radical (unpaired) electrons. The Bertz CT molecular complexity index is 806. The van der Waals surface area contributed by atoms with Gasteiger partial charge in [0.2, 0.25) is 0 Å². The van der Waals surface area contributed by atoms with E-state index in [0.29, 0.717) is 23.1 Å². The lowest BCUT2D eigenvalue weighted by Gasteiger charge is -2.20. The summed E-state index contributed by atoms with van der Waals surface area (Å²) in [7, 11) is 0. The molecule has 0 aliphatic heterocycles. The van der Waals surface area contributed by atoms with Gasteiger partial charge in [-0.05, 0) is 53.6 Å². The van der Waals surface area contributed by atoms with Gasteiger partial charge >= 0.3 is 0 Å². The molecular weight excluding hydrogens is 324 g/mol. The first-order chi connectivity index (χ1) is 12.3. The Morgan fingerprint density at radius 3 is 2.23 bits per heavy atom. The standard InChI is InChI=1S/C22H26N2O2/c1-14(2)18-7-6-8-19(15(3)4)22(18)24-21(25)13-26-20-10-9-17(12-23)11-16(20)5/h6-11,14-15H,13H2,1-5H3,(H,24,25). The van der Waals surface area contributed by atoms with E-state index in [4.69, 9.17) is 10.00 Å². The normalized spacial score (nSPS) is 10.7. The van der Waals surface area contributed by atoms with Crippen LogP contribution in [0.1, 0.15) is 61.8 Å². The summed E-state index contributed by atoms with van der Waals surface area (Å²) < 4.78 is 5.65. The molecule has 2 rings (SSSR count). The van der Waals surface area contributed by atoms with E-state index in [1.807, 2.05) is 13.0 Å². The molecule has 1 amide bonds. The molecule has 136 valence electrons. The van der Waals surface area contributed by atoms with E-state index < -0.39 is 0 Å². The highest BCUT2D eigenvalue weighted by Gasteiger charge is 2.16. The molecule has 4 heteroatoms. The molecule has 2 aromatic rings. The number of ether oxygens (including phenoxy) is 1. The number of anilines is 1. The highest BCUT2D eigenvalue weighted by atomic mass is 16.5. The molecule has 0 bridgehead atoms. The first kappa shape index (κ1) is 19.5. The molecule has 0 unspecified atom stereocenters. The molecular formula is C22H26N2O2. The lowest BCUT2D eigenvalue weighted by atomic mass is 9.92. The van der Waals surface area contributed by atoms with E-state index in [0.717, 1.165) is 22.4 Å². The quantitative estimate of drug-likeness (QED) is 0.785. The Labute approximate surface area is 155 Å². The minimum Gasteiger partial charge on any atom is -0.483 e. The maximum atomic E-state index is 12.5. The number of nitrogens with zero attached hydrogens (tertiary/aromatic N) is 1. The summed E-state index contributed by atoms with van der Waals surface area (Å²) in [5, 5.41) is 12.0. The average Bonchev–Trinajstić information content (AvgIpc) is 2.60. The van der Waals surface area contributed by atoms with Crippen molar-refractivity contribution in [2.75, 3.05) is 11.9 Å². The van der Waals surface area contributed by atoms with Gasteiger partial charge in [0.25, 0.3) is 5.91 Å². The number of carbonyl (C=O) groups excluding carboxylic acids is 1. The Hall–Kier alpha value is -2.80. The number of para-hydroxylation sites is 1. The SMILES string of the molecule is Cc1cc(C#N)ccc1OCC(=O)Nc1c(C(C)C)cccc1C(C)C. The van der Waals surface area contributed by atoms with Gasteiger partial charge in [-0.25, -0.2) is 0 Å². The third-order valence-corrected chi connectivity index (χ3v) is 4.30. The first-order valence-electron chi connectivity index (χ1n) is 8.89. The van der Waals surface area contributed by atoms with Crippen molar-refractivity contribution in [1.29, 1.82) is 5.26 Å². The molecule has 0 aromatic heterocycles. The van der Waals surface area contributed by atoms with Crippen molar-refractivity contribution >= 4 is 11.6 Å². The highest BCUT2D eigenvalue weighted by Crippen LogP contribution is 2.32. The maximum Gasteiger partial charge on any atom is 0.262 e. The van der Waals surface area contributed by atoms with Crippen molar-refractivity contribution < 1.29 is 9.53 Å². The van der Waals surface area contributed by atoms with Crippen molar-refractivity contribution in [2.45, 2.75) is 46.5 Å². The topological polar surface area (TPSA) is 62.1 Å². The van der Waals surface area contributed by atoms with Gasteiger partial charge in [0.05, 0.1) is 11.6 Å². The van der Waals surface area contributed by atoms with Gasteiger partial charge in [-0.3, -0.25) is 4.79 Å². The minimum absolute atomic E-state index is 0.0727. The Morgan fingerprint density at radius 2 is 1.73 bits per heavy atom. The first-order valence-corrected chi connectivity index (χ1v) is 8.89. The van der Waals surface area contributed by atoms with E-state index in [1.165, 1.54) is 0 Å². The number of rotatable bonds is 6. The van der Waals surface area contributed by atoms with Crippen LogP contribution in [-0.2, 0) is 4.79 Å². The van der Waals surface area contributed by atoms with Gasteiger partial charge in [-0.1, -0.05) is 45.9 Å². The molecule has 0 saturated carbocycles. The number of amides is 1. The Balaban J connectivity index is 2.14. The zero-order chi connectivity index (χ0) is 19.3. The summed E-state index contributed by atoms with van der Waals surface area (Å²) in [5.41, 5.74) is 4.55. The van der Waals surface area contributed by atoms with Crippen LogP contribution in [0.3, 0.4) is 0 Å². The van der Waals surface area contributed by atoms with Crippen molar-refractivity contribution in [3.63, 3.8) is 0 Å². The summed E-state index contributed by atoms with van der Waals surface area (Å²) in [5.74, 6) is 1.04. The van der Waals surface area contributed by atoms with Gasteiger partial charge in [0.1, 0.15) is 5.75 Å². The van der Waals surface area contributed by atoms with Crippen LogP contribution in [-0.4, -0.2) is 12.5 Å². The van der Waals surface area contributed by atoms with Crippen molar-refractivity contribution in [3.05, 3.63) is 58.7 Å². The monoisotopic (exact) mass is 350 g/mol. The molecule has 26 heavy (non-hydrogen) atoms. The Kier molecular flexibility index (Phi) is 6.41. The molecule has 2 aromatic carbocycles. The van der Waals surface area contributed by atoms with Crippen LogP contribution in [0.4, 0.5) is 5.69 Å². The van der Waals surface area contributed by atoms with Crippen molar-refractivity contribution in [1.82, 2.24) is 0 Å². The fraction of sp³-hybridized carbons (Fsp3) is 0.364. The van der Waals surface area contributed by atoms with Crippen LogP contribution in [0.25, 0.3) is 0 Å². The van der Waals surface area contributed by atoms with Gasteiger partial charge in [-0.15, -0.1) is 0 Å². The second-order valence-electron chi connectivity index (χ2n) is 7.05. The fourth-order valence-electron chi connectivity index (χ4n) is 2.90. The maximum absolute atomic E-state index is 12.5. The second-order valence-corrected chi connectivity index (χ2v) is 7.05. The number of carbonyl (C=O) groups is 1. The molecule has 0 saturated heterocycles. The predicted molar refractivity (Wildman–Crippen MR) is 105 cm³/mol. The van der Waals surface area contributed by atoms with Crippen LogP contribution in [0.2, 0.25) is 0 Å². The summed E-state index contributed by atoms with van der Waals surface area (Å²) in [4.78, 5) is 12.5. The van der Waals surface area contributed by atoms with Gasteiger partial charge < -0.3 is 10.1 Å². The third-order valence-electron chi connectivity index (χ3n) is 4.30. The van der Waals surface area contributed by atoms with E-state index in [-0.39, 0.29) is 12.5 Å². The lowest BCUT2D eigenvalue weighted by molar-refractivity contribution is -0.118. The summed E-state index contributed by atoms with van der Waals surface area (Å²) in [6.45, 7) is 10.3. The molecule has 0 aliphatic rings. The number of aryl methyl sites for hydroxylation is 1. The molecule has 1 N–H and O–H groups in total. The number of hydrogen-bond donors (Lipinski definition) is 1. The summed E-state index contributed by atoms with van der Waals surface area (Å²) >= 11 is 0. The van der Waals surface area contributed by atoms with E-state index >= 15 is 0 Å². The lowest BCUT2D eigenvalue weighted by Crippen LogP contribution is -2.22. The zero-order valence-electron chi connectivity index (χ0n) is 16.1. The number of nitrogens with one attached hydrogen (secondary N) is 1. The second kappa shape index (κ2) is 8.53. The van der Waals surface area contributed by atoms with Gasteiger partial charge in [0, 0.05) is 5.69 Å². The zero-order valence-corrected chi connectivity index (χ0v) is 16.1. The van der Waals surface area contributed by atoms with Crippen LogP contribution in [0.15, 0.2) is 36.4 Å². The summed E-state index contributed by atoms with van der Waals surface area (Å²) in [6.07, 6.45) is 0. The number of hydrogen-bond acceptors (Lipinski definition) is 3. The molecule has 0 aliphatic carbocycles. The molecule has 0 heterocycles. The number of benzene rings is 2.